The van der Waals surface area contributed by atoms with Crippen molar-refractivity contribution in [2.24, 2.45) is 5.92 Å². The van der Waals surface area contributed by atoms with E-state index in [1.165, 1.54) is 0 Å². The third-order valence-corrected chi connectivity index (χ3v) is 2.12. The monoisotopic (exact) mass is 157 g/mol. The average Bonchev–Trinajstić information content (AvgIpc) is 2.30. The predicted molar refractivity (Wildman–Crippen MR) is 42.0 cm³/mol. The Bertz CT molecular complexity index is 156. The summed E-state index contributed by atoms with van der Waals surface area (Å²) in [6.45, 7) is 4.86. The van der Waals surface area contributed by atoms with Crippen LogP contribution in [0.5, 0.6) is 0 Å². The highest BCUT2D eigenvalue weighted by molar-refractivity contribution is 5.78. The first kappa shape index (κ1) is 8.53. The minimum Gasteiger partial charge on any atom is -0.396 e. The van der Waals surface area contributed by atoms with Crippen LogP contribution in [0, 0.1) is 5.92 Å². The number of nitrogens with zero attached hydrogens (tertiary/aromatic N) is 1. The fourth-order valence-electron chi connectivity index (χ4n) is 1.43. The van der Waals surface area contributed by atoms with Gasteiger partial charge in [0.1, 0.15) is 0 Å². The lowest BCUT2D eigenvalue weighted by Gasteiger charge is -2.20. The van der Waals surface area contributed by atoms with Crippen molar-refractivity contribution in [1.29, 1.82) is 0 Å². The zero-order valence-corrected chi connectivity index (χ0v) is 7.08. The minimum atomic E-state index is 0.134. The number of amides is 1. The summed E-state index contributed by atoms with van der Waals surface area (Å²) < 4.78 is 0. The van der Waals surface area contributed by atoms with Gasteiger partial charge in [0.25, 0.3) is 0 Å². The molecule has 1 N–H and O–H groups in total. The third kappa shape index (κ3) is 1.71. The Hall–Kier alpha value is -0.570. The molecule has 0 aliphatic carbocycles. The van der Waals surface area contributed by atoms with Gasteiger partial charge in [-0.15, -0.1) is 0 Å². The number of hydrogen-bond acceptors (Lipinski definition) is 2. The van der Waals surface area contributed by atoms with Gasteiger partial charge >= 0.3 is 0 Å². The van der Waals surface area contributed by atoms with Gasteiger partial charge in [0, 0.05) is 31.5 Å². The normalized spacial score (nSPS) is 25.3. The Balaban J connectivity index is 2.52. The lowest BCUT2D eigenvalue weighted by atomic mass is 10.1. The molecule has 1 unspecified atom stereocenters. The summed E-state index contributed by atoms with van der Waals surface area (Å²) in [5.41, 5.74) is 0. The van der Waals surface area contributed by atoms with E-state index in [0.29, 0.717) is 6.42 Å². The van der Waals surface area contributed by atoms with Crippen LogP contribution in [0.4, 0.5) is 0 Å². The number of carbonyl (C=O) groups excluding carboxylic acids is 1. The van der Waals surface area contributed by atoms with Crippen LogP contribution >= 0.6 is 0 Å². The molecule has 1 amide bonds. The first-order valence-electron chi connectivity index (χ1n) is 4.05. The van der Waals surface area contributed by atoms with Gasteiger partial charge in [-0.2, -0.15) is 0 Å². The molecule has 0 saturated carbocycles. The lowest BCUT2D eigenvalue weighted by Crippen LogP contribution is -2.32. The van der Waals surface area contributed by atoms with Crippen molar-refractivity contribution in [3.63, 3.8) is 0 Å². The minimum absolute atomic E-state index is 0.134. The van der Waals surface area contributed by atoms with E-state index in [2.05, 4.69) is 0 Å². The van der Waals surface area contributed by atoms with Crippen LogP contribution in [-0.2, 0) is 4.79 Å². The maximum absolute atomic E-state index is 11.2. The zero-order valence-electron chi connectivity index (χ0n) is 7.08. The summed E-state index contributed by atoms with van der Waals surface area (Å²) in [5.74, 6) is 0.351. The summed E-state index contributed by atoms with van der Waals surface area (Å²) >= 11 is 0. The maximum atomic E-state index is 11.2. The van der Waals surface area contributed by atoms with Crippen LogP contribution in [-0.4, -0.2) is 35.1 Å². The standard InChI is InChI=1S/C8H15NO2/c1-6(2)9-4-7(5-10)3-8(9)11/h6-7,10H,3-5H2,1-2H3. The van der Waals surface area contributed by atoms with Crippen LogP contribution < -0.4 is 0 Å². The molecule has 1 heterocycles. The molecular weight excluding hydrogens is 142 g/mol. The van der Waals surface area contributed by atoms with Crippen molar-refractivity contribution < 1.29 is 9.90 Å². The molecule has 0 aromatic heterocycles. The quantitative estimate of drug-likeness (QED) is 0.623. The molecule has 0 spiro atoms. The summed E-state index contributed by atoms with van der Waals surface area (Å²) in [6.07, 6.45) is 0.522. The third-order valence-electron chi connectivity index (χ3n) is 2.12. The van der Waals surface area contributed by atoms with Crippen LogP contribution in [0.25, 0.3) is 0 Å². The fourth-order valence-corrected chi connectivity index (χ4v) is 1.43. The van der Waals surface area contributed by atoms with Gasteiger partial charge in [0.2, 0.25) is 5.91 Å². The van der Waals surface area contributed by atoms with E-state index in [-0.39, 0.29) is 24.5 Å². The van der Waals surface area contributed by atoms with Gasteiger partial charge in [-0.25, -0.2) is 0 Å². The summed E-state index contributed by atoms with van der Waals surface area (Å²) in [7, 11) is 0. The second-order valence-corrected chi connectivity index (χ2v) is 3.39. The summed E-state index contributed by atoms with van der Waals surface area (Å²) in [6, 6.07) is 0.277. The lowest BCUT2D eigenvalue weighted by molar-refractivity contribution is -0.129. The molecule has 0 bridgehead atoms. The van der Waals surface area contributed by atoms with Crippen molar-refractivity contribution in [2.45, 2.75) is 26.3 Å². The zero-order chi connectivity index (χ0) is 8.43. The second-order valence-electron chi connectivity index (χ2n) is 3.39. The fraction of sp³-hybridized carbons (Fsp3) is 0.875. The number of aliphatic hydroxyl groups excluding tert-OH is 1. The molecule has 1 fully saturated rings. The summed E-state index contributed by atoms with van der Waals surface area (Å²) in [5, 5.41) is 8.80. The smallest absolute Gasteiger partial charge is 0.223 e. The highest BCUT2D eigenvalue weighted by Crippen LogP contribution is 2.18. The van der Waals surface area contributed by atoms with E-state index < -0.39 is 0 Å². The molecule has 1 aliphatic rings. The Morgan fingerprint density at radius 3 is 2.64 bits per heavy atom. The molecule has 3 nitrogen and oxygen atoms in total. The molecule has 1 saturated heterocycles. The van der Waals surface area contributed by atoms with Gasteiger partial charge in [-0.3, -0.25) is 4.79 Å². The molecule has 64 valence electrons. The van der Waals surface area contributed by atoms with E-state index in [1.54, 1.807) is 0 Å². The number of aliphatic hydroxyl groups is 1. The molecule has 1 atom stereocenters. The maximum Gasteiger partial charge on any atom is 0.223 e. The Morgan fingerprint density at radius 1 is 1.73 bits per heavy atom. The van der Waals surface area contributed by atoms with Crippen LogP contribution in [0.15, 0.2) is 0 Å². The molecule has 3 heteroatoms. The molecule has 0 aromatic carbocycles. The van der Waals surface area contributed by atoms with Gasteiger partial charge in [0.15, 0.2) is 0 Å². The van der Waals surface area contributed by atoms with Crippen LogP contribution in [0.1, 0.15) is 20.3 Å². The predicted octanol–water partition coefficient (Wildman–Crippen LogP) is 0.236. The molecule has 1 rings (SSSR count). The van der Waals surface area contributed by atoms with Gasteiger partial charge in [-0.05, 0) is 13.8 Å². The van der Waals surface area contributed by atoms with Crippen molar-refractivity contribution in [1.82, 2.24) is 4.90 Å². The molecule has 0 radical (unpaired) electrons. The SMILES string of the molecule is CC(C)N1CC(CO)CC1=O. The van der Waals surface area contributed by atoms with Crippen LogP contribution in [0.2, 0.25) is 0 Å². The Kier molecular flexibility index (Phi) is 2.49. The Labute approximate surface area is 67.0 Å². The van der Waals surface area contributed by atoms with Crippen molar-refractivity contribution >= 4 is 5.91 Å². The van der Waals surface area contributed by atoms with Crippen molar-refractivity contribution in [3.05, 3.63) is 0 Å². The number of rotatable bonds is 2. The summed E-state index contributed by atoms with van der Waals surface area (Å²) in [4.78, 5) is 13.0. The number of carbonyl (C=O) groups is 1. The first-order chi connectivity index (χ1) is 5.15. The largest absolute Gasteiger partial charge is 0.396 e. The van der Waals surface area contributed by atoms with E-state index in [9.17, 15) is 4.79 Å². The second kappa shape index (κ2) is 3.22. The van der Waals surface area contributed by atoms with E-state index in [0.717, 1.165) is 6.54 Å². The van der Waals surface area contributed by atoms with Crippen molar-refractivity contribution in [3.8, 4) is 0 Å². The highest BCUT2D eigenvalue weighted by Gasteiger charge is 2.30. The Morgan fingerprint density at radius 2 is 2.36 bits per heavy atom. The van der Waals surface area contributed by atoms with E-state index >= 15 is 0 Å². The van der Waals surface area contributed by atoms with Gasteiger partial charge in [0.05, 0.1) is 0 Å². The van der Waals surface area contributed by atoms with Crippen LogP contribution in [0.3, 0.4) is 0 Å². The van der Waals surface area contributed by atoms with Crippen molar-refractivity contribution in [2.75, 3.05) is 13.2 Å². The molecule has 11 heavy (non-hydrogen) atoms. The first-order valence-corrected chi connectivity index (χ1v) is 4.05. The highest BCUT2D eigenvalue weighted by atomic mass is 16.3. The average molecular weight is 157 g/mol. The topological polar surface area (TPSA) is 40.5 Å². The number of hydrogen-bond donors (Lipinski definition) is 1. The van der Waals surface area contributed by atoms with Gasteiger partial charge in [-0.1, -0.05) is 0 Å². The molecule has 1 aliphatic heterocycles. The number of likely N-dealkylation sites (tertiary alicyclic amines) is 1. The van der Waals surface area contributed by atoms with E-state index in [1.807, 2.05) is 18.7 Å². The van der Waals surface area contributed by atoms with Gasteiger partial charge < -0.3 is 10.0 Å². The van der Waals surface area contributed by atoms with E-state index in [4.69, 9.17) is 5.11 Å². The molecular formula is C8H15NO2. The molecule has 0 aromatic rings.